The molecule has 2 aliphatic carbocycles. The molecule has 2 rings (SSSR count). The first-order valence-corrected chi connectivity index (χ1v) is 8.49. The molecule has 0 N–H and O–H groups in total. The van der Waals surface area contributed by atoms with Gasteiger partial charge in [-0.15, -0.1) is 0 Å². The third-order valence-electron chi connectivity index (χ3n) is 5.58. The summed E-state index contributed by atoms with van der Waals surface area (Å²) >= 11 is 0. The van der Waals surface area contributed by atoms with Crippen LogP contribution < -0.4 is 10.2 Å². The molecule has 4 nitrogen and oxygen atoms in total. The van der Waals surface area contributed by atoms with E-state index in [9.17, 15) is 19.8 Å². The van der Waals surface area contributed by atoms with E-state index in [0.29, 0.717) is 0 Å². The van der Waals surface area contributed by atoms with Gasteiger partial charge in [0, 0.05) is 23.8 Å². The van der Waals surface area contributed by atoms with Gasteiger partial charge in [-0.05, 0) is 36.5 Å². The van der Waals surface area contributed by atoms with Crippen LogP contribution in [0.3, 0.4) is 0 Å². The second-order valence-corrected chi connectivity index (χ2v) is 8.21. The maximum atomic E-state index is 10.7. The second-order valence-electron chi connectivity index (χ2n) is 8.21. The smallest absolute Gasteiger partial charge is 0.550 e. The van der Waals surface area contributed by atoms with E-state index in [1.165, 1.54) is 0 Å². The van der Waals surface area contributed by atoms with E-state index in [0.717, 1.165) is 51.4 Å². The molecular weight excluding hydrogens is 346 g/mol. The molecule has 2 saturated carbocycles. The first kappa shape index (κ1) is 22.6. The Balaban J connectivity index is 0.000000403. The summed E-state index contributed by atoms with van der Waals surface area (Å²) in [6.07, 6.45) is 8.06. The molecule has 128 valence electrons. The van der Waals surface area contributed by atoms with Crippen LogP contribution in [0, 0.1) is 22.7 Å². The molecule has 0 amide bonds. The van der Waals surface area contributed by atoms with Crippen molar-refractivity contribution in [2.24, 2.45) is 22.7 Å². The van der Waals surface area contributed by atoms with Crippen molar-refractivity contribution in [3.8, 4) is 0 Å². The Labute approximate surface area is 153 Å². The summed E-state index contributed by atoms with van der Waals surface area (Å²) in [6, 6.07) is 0. The van der Waals surface area contributed by atoms with Gasteiger partial charge in [-0.2, -0.15) is 0 Å². The minimum atomic E-state index is -0.866. The van der Waals surface area contributed by atoms with Gasteiger partial charge >= 0.3 is 19.5 Å². The van der Waals surface area contributed by atoms with E-state index in [-0.39, 0.29) is 42.1 Å². The van der Waals surface area contributed by atoms with E-state index in [1.807, 2.05) is 27.7 Å². The first-order chi connectivity index (χ1) is 10.1. The van der Waals surface area contributed by atoms with Gasteiger partial charge in [0.2, 0.25) is 0 Å². The number of carboxylic acid groups (broad SMARTS) is 2. The van der Waals surface area contributed by atoms with Crippen LogP contribution in [0.1, 0.15) is 79.1 Å². The molecule has 0 bridgehead atoms. The van der Waals surface area contributed by atoms with Gasteiger partial charge in [0.25, 0.3) is 0 Å². The number of aliphatic carboxylic acids is 2. The van der Waals surface area contributed by atoms with Crippen molar-refractivity contribution >= 4 is 11.9 Å². The summed E-state index contributed by atoms with van der Waals surface area (Å²) < 4.78 is 0. The Morgan fingerprint density at radius 2 is 1.04 bits per heavy atom. The first-order valence-electron chi connectivity index (χ1n) is 8.49. The molecule has 0 heterocycles. The summed E-state index contributed by atoms with van der Waals surface area (Å²) in [6.45, 7) is 8.08. The number of carbonyl (C=O) groups excluding carboxylic acids is 2. The average molecular weight is 376 g/mol. The fraction of sp³-hybridized carbons (Fsp3) is 0.889. The molecule has 23 heavy (non-hydrogen) atoms. The Morgan fingerprint density at radius 1 is 0.739 bits per heavy atom. The Morgan fingerprint density at radius 3 is 1.22 bits per heavy atom. The standard InChI is InChI=1S/2C9H16O2.Zn/c2*1-9(2)6-4-3-5-7(9)8(10)11;/h2*7H,3-6H2,1-2H3,(H,10,11);/q;;+2/p-2. The van der Waals surface area contributed by atoms with Gasteiger partial charge in [-0.1, -0.05) is 53.4 Å². The van der Waals surface area contributed by atoms with Crippen molar-refractivity contribution < 1.29 is 39.3 Å². The summed E-state index contributed by atoms with van der Waals surface area (Å²) in [5, 5.41) is 21.3. The van der Waals surface area contributed by atoms with E-state index in [2.05, 4.69) is 0 Å². The van der Waals surface area contributed by atoms with E-state index in [1.54, 1.807) is 0 Å². The van der Waals surface area contributed by atoms with Crippen molar-refractivity contribution in [1.29, 1.82) is 0 Å². The largest absolute Gasteiger partial charge is 2.00 e. The molecule has 2 unspecified atom stereocenters. The molecule has 0 aliphatic heterocycles. The number of hydrogen-bond acceptors (Lipinski definition) is 4. The zero-order chi connectivity index (χ0) is 17.0. The molecule has 0 radical (unpaired) electrons. The number of carbonyl (C=O) groups is 2. The van der Waals surface area contributed by atoms with E-state index in [4.69, 9.17) is 0 Å². The van der Waals surface area contributed by atoms with Crippen LogP contribution in [0.4, 0.5) is 0 Å². The molecule has 0 spiro atoms. The Hall–Kier alpha value is -0.437. The van der Waals surface area contributed by atoms with Crippen molar-refractivity contribution in [3.63, 3.8) is 0 Å². The van der Waals surface area contributed by atoms with Gasteiger partial charge in [-0.25, -0.2) is 0 Å². The van der Waals surface area contributed by atoms with Gasteiger partial charge in [0.05, 0.1) is 0 Å². The number of rotatable bonds is 2. The summed E-state index contributed by atoms with van der Waals surface area (Å²) in [5.41, 5.74) is -0.0891. The normalized spacial score (nSPS) is 28.5. The molecule has 0 aromatic rings. The fourth-order valence-corrected chi connectivity index (χ4v) is 3.86. The van der Waals surface area contributed by atoms with Crippen molar-refractivity contribution in [2.75, 3.05) is 0 Å². The van der Waals surface area contributed by atoms with Crippen LogP contribution in [0.2, 0.25) is 0 Å². The average Bonchev–Trinajstić information content (AvgIpc) is 2.37. The molecule has 2 atom stereocenters. The second kappa shape index (κ2) is 9.15. The zero-order valence-electron chi connectivity index (χ0n) is 15.2. The van der Waals surface area contributed by atoms with Crippen LogP contribution in [-0.4, -0.2) is 11.9 Å². The van der Waals surface area contributed by atoms with Crippen LogP contribution >= 0.6 is 0 Å². The van der Waals surface area contributed by atoms with Crippen LogP contribution in [0.5, 0.6) is 0 Å². The van der Waals surface area contributed by atoms with Crippen LogP contribution in [-0.2, 0) is 29.1 Å². The van der Waals surface area contributed by atoms with Crippen LogP contribution in [0.25, 0.3) is 0 Å². The molecule has 0 aromatic carbocycles. The molecule has 2 fully saturated rings. The van der Waals surface area contributed by atoms with Crippen molar-refractivity contribution in [2.45, 2.75) is 79.1 Å². The van der Waals surface area contributed by atoms with Gasteiger partial charge in [-0.3, -0.25) is 0 Å². The predicted molar refractivity (Wildman–Crippen MR) is 81.5 cm³/mol. The molecule has 0 aromatic heterocycles. The van der Waals surface area contributed by atoms with E-state index >= 15 is 0 Å². The minimum absolute atomic E-state index is 0. The maximum absolute atomic E-state index is 10.7. The summed E-state index contributed by atoms with van der Waals surface area (Å²) in [5.74, 6) is -2.18. The molecule has 0 saturated heterocycles. The topological polar surface area (TPSA) is 80.3 Å². The summed E-state index contributed by atoms with van der Waals surface area (Å²) in [7, 11) is 0. The predicted octanol–water partition coefficient (Wildman–Crippen LogP) is 1.90. The molecule has 2 aliphatic rings. The number of carboxylic acids is 2. The summed E-state index contributed by atoms with van der Waals surface area (Å²) in [4.78, 5) is 21.3. The monoisotopic (exact) mass is 374 g/mol. The molecule has 5 heteroatoms. The third kappa shape index (κ3) is 6.53. The number of hydrogen-bond donors (Lipinski definition) is 0. The fourth-order valence-electron chi connectivity index (χ4n) is 3.86. The van der Waals surface area contributed by atoms with Crippen molar-refractivity contribution in [3.05, 3.63) is 0 Å². The van der Waals surface area contributed by atoms with Gasteiger partial charge < -0.3 is 19.8 Å². The minimum Gasteiger partial charge on any atom is -0.550 e. The van der Waals surface area contributed by atoms with Gasteiger partial charge in [0.1, 0.15) is 0 Å². The maximum Gasteiger partial charge on any atom is 2.00 e. The van der Waals surface area contributed by atoms with Crippen molar-refractivity contribution in [1.82, 2.24) is 0 Å². The molecular formula is C18H30O4Zn. The third-order valence-corrected chi connectivity index (χ3v) is 5.58. The zero-order valence-corrected chi connectivity index (χ0v) is 18.1. The SMILES string of the molecule is CC1(C)CCCCC1C(=O)[O-].CC1(C)CCCCC1C(=O)[O-].[Zn+2]. The quantitative estimate of drug-likeness (QED) is 0.690. The van der Waals surface area contributed by atoms with E-state index < -0.39 is 11.9 Å². The Kier molecular flexibility index (Phi) is 8.98. The Bertz CT molecular complexity index is 366. The van der Waals surface area contributed by atoms with Gasteiger partial charge in [0.15, 0.2) is 0 Å². The van der Waals surface area contributed by atoms with Crippen LogP contribution in [0.15, 0.2) is 0 Å².